The molecule has 4 rings (SSSR count). The fraction of sp³-hybridized carbons (Fsp3) is 0.312. The summed E-state index contributed by atoms with van der Waals surface area (Å²) in [5, 5.41) is 24.9. The molecule has 4 atom stereocenters. The van der Waals surface area contributed by atoms with Gasteiger partial charge >= 0.3 is 0 Å². The van der Waals surface area contributed by atoms with E-state index in [0.29, 0.717) is 11.3 Å². The summed E-state index contributed by atoms with van der Waals surface area (Å²) in [5.41, 5.74) is 6.72. The highest BCUT2D eigenvalue weighted by atomic mass is 16.3. The van der Waals surface area contributed by atoms with E-state index in [0.717, 1.165) is 11.3 Å². The number of H-pyrrole nitrogens is 2. The highest BCUT2D eigenvalue weighted by Gasteiger charge is 2.32. The van der Waals surface area contributed by atoms with Crippen LogP contribution >= 0.6 is 0 Å². The molecule has 0 radical (unpaired) electrons. The van der Waals surface area contributed by atoms with Gasteiger partial charge < -0.3 is 36.5 Å². The Labute approximate surface area is 259 Å². The van der Waals surface area contributed by atoms with Gasteiger partial charge in [-0.3, -0.25) is 19.2 Å². The number of phenolic OH excluding ortho intramolecular Hbond substituents is 2. The molecule has 13 heteroatoms. The van der Waals surface area contributed by atoms with Crippen molar-refractivity contribution in [3.05, 3.63) is 96.1 Å². The van der Waals surface area contributed by atoms with Crippen molar-refractivity contribution < 1.29 is 35.1 Å². The van der Waals surface area contributed by atoms with Gasteiger partial charge in [0.1, 0.15) is 11.5 Å². The summed E-state index contributed by atoms with van der Waals surface area (Å²) < 4.78 is 0. The summed E-state index contributed by atoms with van der Waals surface area (Å²) in [6, 6.07) is 10.1. The van der Waals surface area contributed by atoms with Gasteiger partial charge in [0.25, 0.3) is 5.91 Å². The number of Topliss-reactive ketones (excluding diaryl/α,β-unsaturated/α-hetero) is 2. The lowest BCUT2D eigenvalue weighted by Gasteiger charge is -2.24. The zero-order valence-corrected chi connectivity index (χ0v) is 24.9. The van der Waals surface area contributed by atoms with Crippen LogP contribution in [0.4, 0.5) is 0 Å². The number of hydrogen-bond donors (Lipinski definition) is 7. The number of aromatic nitrogens is 4. The molecular weight excluding hydrogens is 578 g/mol. The predicted molar refractivity (Wildman–Crippen MR) is 163 cm³/mol. The number of nitrogens with one attached hydrogen (secondary N) is 4. The molecule has 4 unspecified atom stereocenters. The fourth-order valence-corrected chi connectivity index (χ4v) is 4.92. The van der Waals surface area contributed by atoms with E-state index in [2.05, 4.69) is 36.3 Å². The van der Waals surface area contributed by atoms with Gasteiger partial charge in [-0.2, -0.15) is 0 Å². The van der Waals surface area contributed by atoms with Crippen LogP contribution < -0.4 is 16.4 Å². The first-order valence-electron chi connectivity index (χ1n) is 14.5. The van der Waals surface area contributed by atoms with Crippen molar-refractivity contribution >= 4 is 23.4 Å². The predicted octanol–water partition coefficient (Wildman–Crippen LogP) is 0.559. The van der Waals surface area contributed by atoms with Crippen LogP contribution in [0.2, 0.25) is 0 Å². The number of imidazole rings is 2. The third-order valence-electron chi connectivity index (χ3n) is 7.50. The highest BCUT2D eigenvalue weighted by molar-refractivity contribution is 5.95. The number of amides is 2. The molecular formula is C32H38N7O6+. The Balaban J connectivity index is 1.53. The molecule has 2 aromatic heterocycles. The first-order valence-corrected chi connectivity index (χ1v) is 14.5. The van der Waals surface area contributed by atoms with Gasteiger partial charge in [-0.05, 0) is 55.2 Å². The molecule has 2 heterocycles. The molecule has 0 saturated carbocycles. The summed E-state index contributed by atoms with van der Waals surface area (Å²) in [6.45, 7) is 1.38. The summed E-state index contributed by atoms with van der Waals surface area (Å²) in [4.78, 5) is 67.1. The normalized spacial score (nSPS) is 13.7. The number of quaternary nitrogens is 1. The number of benzene rings is 2. The Morgan fingerprint density at radius 3 is 1.71 bits per heavy atom. The van der Waals surface area contributed by atoms with Crippen molar-refractivity contribution in [1.82, 2.24) is 30.6 Å². The molecule has 0 aliphatic carbocycles. The van der Waals surface area contributed by atoms with Crippen LogP contribution in [0.25, 0.3) is 0 Å². The third kappa shape index (κ3) is 9.86. The van der Waals surface area contributed by atoms with Crippen LogP contribution in [-0.4, -0.2) is 71.7 Å². The minimum absolute atomic E-state index is 0.0617. The van der Waals surface area contributed by atoms with Crippen molar-refractivity contribution in [1.29, 1.82) is 0 Å². The van der Waals surface area contributed by atoms with E-state index in [-0.39, 0.29) is 55.2 Å². The van der Waals surface area contributed by atoms with Crippen LogP contribution in [0, 0.1) is 5.92 Å². The SMILES string of the molecule is CC(=O)C(Cc1ccc(O)cc1)NC(=O)C(CC(=O)C(Cc1ccc(O)cc1)NC(=O)C([NH3+])Cc1cnc[nH]1)Cc1cnc[nH]1. The number of hydrogen-bond acceptors (Lipinski definition) is 8. The second-order valence-corrected chi connectivity index (χ2v) is 11.1. The number of aromatic amines is 2. The van der Waals surface area contributed by atoms with Gasteiger partial charge in [0.2, 0.25) is 5.91 Å². The molecule has 4 aromatic rings. The van der Waals surface area contributed by atoms with Crippen molar-refractivity contribution in [2.24, 2.45) is 5.92 Å². The Bertz CT molecular complexity index is 1550. The number of carbonyl (C=O) groups excluding carboxylic acids is 4. The van der Waals surface area contributed by atoms with Crippen LogP contribution in [-0.2, 0) is 44.9 Å². The first-order chi connectivity index (χ1) is 21.6. The standard InChI is InChI=1S/C32H37N7O6/c1-19(40)28(10-20-2-6-25(41)7-3-20)38-31(44)22(12-23-15-34-17-36-23)13-30(43)29(11-21-4-8-26(42)9-5-21)39-32(45)27(33)14-24-16-35-18-37-24/h2-9,15-18,22,27-29,41-42H,10-14,33H2,1H3,(H,34,36)(H,35,37)(H,38,44)(H,39,45)/p+1. The first kappa shape index (κ1) is 32.6. The Morgan fingerprint density at radius 1 is 0.733 bits per heavy atom. The van der Waals surface area contributed by atoms with E-state index in [1.165, 1.54) is 43.8 Å². The number of carbonyl (C=O) groups is 4. The zero-order valence-electron chi connectivity index (χ0n) is 24.9. The monoisotopic (exact) mass is 616 g/mol. The molecule has 2 amide bonds. The molecule has 0 saturated heterocycles. The number of aromatic hydroxyl groups is 2. The maximum Gasteiger partial charge on any atom is 0.279 e. The minimum atomic E-state index is -0.995. The molecule has 9 N–H and O–H groups in total. The summed E-state index contributed by atoms with van der Waals surface area (Å²) in [7, 11) is 0. The lowest BCUT2D eigenvalue weighted by molar-refractivity contribution is -0.403. The summed E-state index contributed by atoms with van der Waals surface area (Å²) in [6.07, 6.45) is 6.63. The van der Waals surface area contributed by atoms with Crippen LogP contribution in [0.5, 0.6) is 11.5 Å². The average molecular weight is 617 g/mol. The molecule has 13 nitrogen and oxygen atoms in total. The van der Waals surface area contributed by atoms with Gasteiger partial charge in [-0.25, -0.2) is 9.97 Å². The van der Waals surface area contributed by atoms with E-state index in [9.17, 15) is 29.4 Å². The van der Waals surface area contributed by atoms with Crippen molar-refractivity contribution in [2.45, 2.75) is 57.2 Å². The average Bonchev–Trinajstić information content (AvgIpc) is 3.73. The molecule has 0 aliphatic heterocycles. The maximum absolute atomic E-state index is 13.9. The second kappa shape index (κ2) is 15.4. The molecule has 0 aliphatic rings. The number of ketones is 2. The molecule has 0 bridgehead atoms. The third-order valence-corrected chi connectivity index (χ3v) is 7.50. The van der Waals surface area contributed by atoms with Gasteiger partial charge in [0.05, 0.1) is 37.1 Å². The quantitative estimate of drug-likeness (QED) is 0.0941. The molecule has 0 fully saturated rings. The van der Waals surface area contributed by atoms with E-state index in [4.69, 9.17) is 0 Å². The lowest BCUT2D eigenvalue weighted by atomic mass is 9.90. The van der Waals surface area contributed by atoms with E-state index in [1.807, 2.05) is 0 Å². The Hall–Kier alpha value is -5.30. The van der Waals surface area contributed by atoms with E-state index >= 15 is 0 Å². The fourth-order valence-electron chi connectivity index (χ4n) is 4.92. The largest absolute Gasteiger partial charge is 0.508 e. The van der Waals surface area contributed by atoms with Gasteiger partial charge in [0.15, 0.2) is 17.6 Å². The van der Waals surface area contributed by atoms with Crippen LogP contribution in [0.1, 0.15) is 35.9 Å². The lowest BCUT2D eigenvalue weighted by Crippen LogP contribution is -2.69. The van der Waals surface area contributed by atoms with Gasteiger partial charge in [0, 0.05) is 36.6 Å². The van der Waals surface area contributed by atoms with Gasteiger partial charge in [-0.15, -0.1) is 0 Å². The van der Waals surface area contributed by atoms with Gasteiger partial charge in [-0.1, -0.05) is 24.3 Å². The molecule has 2 aromatic carbocycles. The zero-order chi connectivity index (χ0) is 32.3. The number of phenols is 2. The Morgan fingerprint density at radius 2 is 1.22 bits per heavy atom. The van der Waals surface area contributed by atoms with Crippen molar-refractivity contribution in [3.63, 3.8) is 0 Å². The second-order valence-electron chi connectivity index (χ2n) is 11.1. The number of rotatable bonds is 16. The number of nitrogens with zero attached hydrogens (tertiary/aromatic N) is 2. The molecule has 45 heavy (non-hydrogen) atoms. The molecule has 0 spiro atoms. The highest BCUT2D eigenvalue weighted by Crippen LogP contribution is 2.18. The van der Waals surface area contributed by atoms with E-state index in [1.54, 1.807) is 36.7 Å². The topological polar surface area (TPSA) is 218 Å². The maximum atomic E-state index is 13.9. The summed E-state index contributed by atoms with van der Waals surface area (Å²) in [5.74, 6) is -2.34. The van der Waals surface area contributed by atoms with Crippen molar-refractivity contribution in [3.8, 4) is 11.5 Å². The summed E-state index contributed by atoms with van der Waals surface area (Å²) >= 11 is 0. The smallest absolute Gasteiger partial charge is 0.279 e. The van der Waals surface area contributed by atoms with Crippen LogP contribution in [0.15, 0.2) is 73.6 Å². The van der Waals surface area contributed by atoms with Crippen LogP contribution in [0.3, 0.4) is 0 Å². The Kier molecular flexibility index (Phi) is 11.2. The van der Waals surface area contributed by atoms with Crippen molar-refractivity contribution in [2.75, 3.05) is 0 Å². The van der Waals surface area contributed by atoms with E-state index < -0.39 is 35.9 Å². The molecule has 236 valence electrons. The minimum Gasteiger partial charge on any atom is -0.508 e.